The summed E-state index contributed by atoms with van der Waals surface area (Å²) in [5.41, 5.74) is 0.122. The molecular formula is C17H23F2N3O3. The van der Waals surface area contributed by atoms with Gasteiger partial charge in [-0.3, -0.25) is 14.5 Å². The van der Waals surface area contributed by atoms with Crippen LogP contribution in [0.1, 0.15) is 23.7 Å². The molecule has 0 atom stereocenters. The third kappa shape index (κ3) is 5.67. The number of carbonyl (C=O) groups is 2. The van der Waals surface area contributed by atoms with E-state index in [4.69, 9.17) is 0 Å². The predicted molar refractivity (Wildman–Crippen MR) is 88.7 cm³/mol. The van der Waals surface area contributed by atoms with E-state index in [1.54, 1.807) is 17.0 Å². The number of rotatable bonds is 7. The van der Waals surface area contributed by atoms with Crippen molar-refractivity contribution < 1.29 is 23.1 Å². The lowest BCUT2D eigenvalue weighted by molar-refractivity contribution is -0.122. The summed E-state index contributed by atoms with van der Waals surface area (Å²) in [7, 11) is 0. The lowest BCUT2D eigenvalue weighted by atomic mass is 10.1. The molecule has 0 unspecified atom stereocenters. The monoisotopic (exact) mass is 355 g/mol. The zero-order chi connectivity index (χ0) is 18.2. The van der Waals surface area contributed by atoms with Crippen molar-refractivity contribution in [2.24, 2.45) is 0 Å². The van der Waals surface area contributed by atoms with Gasteiger partial charge in [0.15, 0.2) is 0 Å². The fraction of sp³-hybridized carbons (Fsp3) is 0.529. The van der Waals surface area contributed by atoms with E-state index >= 15 is 0 Å². The second-order valence-electron chi connectivity index (χ2n) is 5.79. The molecule has 0 radical (unpaired) electrons. The molecule has 0 aromatic heterocycles. The number of hydrogen-bond acceptors (Lipinski definition) is 4. The first-order valence-corrected chi connectivity index (χ1v) is 8.33. The van der Waals surface area contributed by atoms with Crippen molar-refractivity contribution in [3.8, 4) is 5.75 Å². The van der Waals surface area contributed by atoms with Crippen molar-refractivity contribution in [1.82, 2.24) is 15.1 Å². The number of benzene rings is 1. The first-order chi connectivity index (χ1) is 12.0. The lowest BCUT2D eigenvalue weighted by Crippen LogP contribution is -2.51. The van der Waals surface area contributed by atoms with Crippen LogP contribution in [0.25, 0.3) is 0 Å². The van der Waals surface area contributed by atoms with E-state index in [1.165, 1.54) is 12.1 Å². The zero-order valence-corrected chi connectivity index (χ0v) is 14.2. The number of hydrogen-bond donors (Lipinski definition) is 1. The van der Waals surface area contributed by atoms with Gasteiger partial charge in [-0.05, 0) is 18.6 Å². The number of halogens is 2. The minimum Gasteiger partial charge on any atom is -0.434 e. The van der Waals surface area contributed by atoms with Gasteiger partial charge in [0.2, 0.25) is 5.91 Å². The van der Waals surface area contributed by atoms with Gasteiger partial charge in [0, 0.05) is 32.7 Å². The Bertz CT molecular complexity index is 590. The average Bonchev–Trinajstić information content (AvgIpc) is 2.60. The standard InChI is InChI=1S/C17H23F2N3O3/c1-2-7-20-15(23)12-21-8-10-22(11-9-21)16(24)13-5-3-4-6-14(13)25-17(18)19/h3-6,17H,2,7-12H2,1H3,(H,20,23). The molecule has 6 nitrogen and oxygen atoms in total. The molecule has 1 fully saturated rings. The predicted octanol–water partition coefficient (Wildman–Crippen LogP) is 1.57. The Hall–Kier alpha value is -2.22. The molecule has 1 saturated heterocycles. The third-order valence-electron chi connectivity index (χ3n) is 3.93. The van der Waals surface area contributed by atoms with E-state index in [0.29, 0.717) is 39.3 Å². The maximum Gasteiger partial charge on any atom is 0.387 e. The number of ether oxygens (including phenoxy) is 1. The van der Waals surface area contributed by atoms with Crippen LogP contribution in [-0.2, 0) is 4.79 Å². The fourth-order valence-electron chi connectivity index (χ4n) is 2.64. The van der Waals surface area contributed by atoms with Crippen LogP contribution in [0.2, 0.25) is 0 Å². The van der Waals surface area contributed by atoms with Gasteiger partial charge in [0.25, 0.3) is 5.91 Å². The van der Waals surface area contributed by atoms with E-state index in [2.05, 4.69) is 10.1 Å². The van der Waals surface area contributed by atoms with Crippen molar-refractivity contribution in [3.63, 3.8) is 0 Å². The van der Waals surface area contributed by atoms with E-state index in [1.807, 2.05) is 11.8 Å². The highest BCUT2D eigenvalue weighted by molar-refractivity contribution is 5.97. The Morgan fingerprint density at radius 1 is 1.20 bits per heavy atom. The van der Waals surface area contributed by atoms with Crippen LogP contribution in [0.15, 0.2) is 24.3 Å². The second-order valence-corrected chi connectivity index (χ2v) is 5.79. The molecule has 8 heteroatoms. The molecule has 1 aliphatic heterocycles. The summed E-state index contributed by atoms with van der Waals surface area (Å²) in [6, 6.07) is 5.99. The highest BCUT2D eigenvalue weighted by Crippen LogP contribution is 2.22. The molecule has 0 spiro atoms. The van der Waals surface area contributed by atoms with Crippen molar-refractivity contribution >= 4 is 11.8 Å². The average molecular weight is 355 g/mol. The van der Waals surface area contributed by atoms with Crippen molar-refractivity contribution in [3.05, 3.63) is 29.8 Å². The molecule has 1 aromatic carbocycles. The number of nitrogens with one attached hydrogen (secondary N) is 1. The first-order valence-electron chi connectivity index (χ1n) is 8.33. The summed E-state index contributed by atoms with van der Waals surface area (Å²) in [5.74, 6) is -0.493. The SMILES string of the molecule is CCCNC(=O)CN1CCN(C(=O)c2ccccc2OC(F)F)CC1. The number of carbonyl (C=O) groups excluding carboxylic acids is 2. The van der Waals surface area contributed by atoms with E-state index in [0.717, 1.165) is 6.42 Å². The summed E-state index contributed by atoms with van der Waals surface area (Å²) in [4.78, 5) is 27.9. The number of piperazine rings is 1. The molecule has 138 valence electrons. The van der Waals surface area contributed by atoms with Gasteiger partial charge in [0.1, 0.15) is 5.75 Å². The van der Waals surface area contributed by atoms with Gasteiger partial charge >= 0.3 is 6.61 Å². The van der Waals surface area contributed by atoms with E-state index < -0.39 is 6.61 Å². The van der Waals surface area contributed by atoms with Gasteiger partial charge in [-0.2, -0.15) is 8.78 Å². The highest BCUT2D eigenvalue weighted by atomic mass is 19.3. The van der Waals surface area contributed by atoms with Gasteiger partial charge in [-0.25, -0.2) is 0 Å². The Labute approximate surface area is 145 Å². The maximum absolute atomic E-state index is 12.6. The van der Waals surface area contributed by atoms with Crippen molar-refractivity contribution in [2.75, 3.05) is 39.3 Å². The lowest BCUT2D eigenvalue weighted by Gasteiger charge is -2.34. The smallest absolute Gasteiger partial charge is 0.387 e. The maximum atomic E-state index is 12.6. The third-order valence-corrected chi connectivity index (χ3v) is 3.93. The summed E-state index contributed by atoms with van der Waals surface area (Å²) >= 11 is 0. The summed E-state index contributed by atoms with van der Waals surface area (Å²) < 4.78 is 29.4. The van der Waals surface area contributed by atoms with E-state index in [9.17, 15) is 18.4 Å². The topological polar surface area (TPSA) is 61.9 Å². The van der Waals surface area contributed by atoms with Crippen molar-refractivity contribution in [1.29, 1.82) is 0 Å². The summed E-state index contributed by atoms with van der Waals surface area (Å²) in [6.45, 7) is 1.94. The summed E-state index contributed by atoms with van der Waals surface area (Å²) in [6.07, 6.45) is 0.883. The van der Waals surface area contributed by atoms with Crippen molar-refractivity contribution in [2.45, 2.75) is 20.0 Å². The molecule has 0 saturated carbocycles. The van der Waals surface area contributed by atoms with Gasteiger partial charge in [-0.1, -0.05) is 19.1 Å². The van der Waals surface area contributed by atoms with E-state index in [-0.39, 0.29) is 23.1 Å². The number of nitrogens with zero attached hydrogens (tertiary/aromatic N) is 2. The van der Waals surface area contributed by atoms with Gasteiger partial charge in [-0.15, -0.1) is 0 Å². The minimum absolute atomic E-state index is 0.0303. The quantitative estimate of drug-likeness (QED) is 0.807. The molecule has 2 amide bonds. The second kappa shape index (κ2) is 9.31. The highest BCUT2D eigenvalue weighted by Gasteiger charge is 2.25. The molecule has 0 bridgehead atoms. The number of alkyl halides is 2. The van der Waals surface area contributed by atoms with Crippen LogP contribution >= 0.6 is 0 Å². The Kier molecular flexibility index (Phi) is 7.12. The molecule has 25 heavy (non-hydrogen) atoms. The summed E-state index contributed by atoms with van der Waals surface area (Å²) in [5, 5.41) is 2.82. The first kappa shape index (κ1) is 19.1. The Balaban J connectivity index is 1.90. The van der Waals surface area contributed by atoms with Crippen LogP contribution in [0.4, 0.5) is 8.78 Å². The minimum atomic E-state index is -2.98. The largest absolute Gasteiger partial charge is 0.434 e. The number of para-hydroxylation sites is 1. The molecule has 0 aliphatic carbocycles. The Morgan fingerprint density at radius 3 is 2.52 bits per heavy atom. The number of amides is 2. The molecule has 2 rings (SSSR count). The molecule has 1 aliphatic rings. The van der Waals surface area contributed by atoms with Crippen LogP contribution in [0.5, 0.6) is 5.75 Å². The van der Waals surface area contributed by atoms with Crippen LogP contribution in [-0.4, -0.2) is 67.5 Å². The van der Waals surface area contributed by atoms with Crippen LogP contribution < -0.4 is 10.1 Å². The van der Waals surface area contributed by atoms with Gasteiger partial charge < -0.3 is 15.0 Å². The molecule has 1 N–H and O–H groups in total. The van der Waals surface area contributed by atoms with Gasteiger partial charge in [0.05, 0.1) is 12.1 Å². The zero-order valence-electron chi connectivity index (χ0n) is 14.2. The fourth-order valence-corrected chi connectivity index (χ4v) is 2.64. The van der Waals surface area contributed by atoms with Crippen LogP contribution in [0.3, 0.4) is 0 Å². The molecule has 1 aromatic rings. The Morgan fingerprint density at radius 2 is 1.88 bits per heavy atom. The molecule has 1 heterocycles. The normalized spacial score (nSPS) is 15.3. The molecular weight excluding hydrogens is 332 g/mol. The van der Waals surface area contributed by atoms with Crippen LogP contribution in [0, 0.1) is 0 Å².